The van der Waals surface area contributed by atoms with Gasteiger partial charge in [-0.15, -0.1) is 0 Å². The van der Waals surface area contributed by atoms with Crippen LogP contribution in [-0.2, 0) is 25.9 Å². The van der Waals surface area contributed by atoms with Crippen molar-refractivity contribution in [3.8, 4) is 11.5 Å². The minimum Gasteiger partial charge on any atom is -0.454 e. The number of fused-ring (bicyclic) bond motifs is 3. The van der Waals surface area contributed by atoms with Crippen molar-refractivity contribution in [1.29, 1.82) is 0 Å². The monoisotopic (exact) mass is 410 g/mol. The van der Waals surface area contributed by atoms with E-state index in [1.54, 1.807) is 6.07 Å². The number of pyridine rings is 1. The Kier molecular flexibility index (Phi) is 4.72. The number of rotatable bonds is 5. The molecule has 3 aromatic rings. The fraction of sp³-hybridized carbons (Fsp3) is 0.348. The van der Waals surface area contributed by atoms with Crippen molar-refractivity contribution >= 4 is 22.5 Å². The van der Waals surface area contributed by atoms with E-state index < -0.39 is 0 Å². The van der Waals surface area contributed by atoms with Crippen molar-refractivity contribution in [1.82, 2.24) is 9.88 Å². The highest BCUT2D eigenvalue weighted by Crippen LogP contribution is 2.37. The summed E-state index contributed by atoms with van der Waals surface area (Å²) < 4.78 is 12.8. The molecule has 1 aliphatic carbocycles. The molecule has 0 bridgehead atoms. The van der Waals surface area contributed by atoms with Gasteiger partial charge in [0, 0.05) is 23.2 Å². The molecule has 5 rings (SSSR count). The second kappa shape index (κ2) is 7.39. The molecule has 0 saturated heterocycles. The van der Waals surface area contributed by atoms with E-state index in [9.17, 15) is 4.79 Å². The van der Waals surface area contributed by atoms with Gasteiger partial charge in [-0.05, 0) is 72.1 Å². The standard InChI is InChI=1S/C23H23ClN2O3/c1-2-25-11-17-7-16-6-14-4-3-5-15(14)8-20(16)26(23(17)27)12-18-9-21-22(10-19(18)24)29-13-28-21/h6-10,25H,2-5,11-13H2,1H3. The number of aromatic nitrogens is 1. The molecule has 0 unspecified atom stereocenters. The summed E-state index contributed by atoms with van der Waals surface area (Å²) in [5.41, 5.74) is 5.35. The van der Waals surface area contributed by atoms with E-state index >= 15 is 0 Å². The topological polar surface area (TPSA) is 52.5 Å². The zero-order chi connectivity index (χ0) is 20.0. The molecule has 0 amide bonds. The summed E-state index contributed by atoms with van der Waals surface area (Å²) in [4.78, 5) is 13.4. The normalized spacial score (nSPS) is 14.6. The predicted molar refractivity (Wildman–Crippen MR) is 114 cm³/mol. The number of hydrogen-bond donors (Lipinski definition) is 1. The molecule has 29 heavy (non-hydrogen) atoms. The second-order valence-electron chi connectivity index (χ2n) is 7.67. The minimum atomic E-state index is 0.0186. The molecule has 1 aliphatic heterocycles. The van der Waals surface area contributed by atoms with E-state index in [1.165, 1.54) is 17.5 Å². The summed E-state index contributed by atoms with van der Waals surface area (Å²) in [6.45, 7) is 4.00. The third-order valence-electron chi connectivity index (χ3n) is 5.82. The molecule has 1 N–H and O–H groups in total. The highest BCUT2D eigenvalue weighted by atomic mass is 35.5. The van der Waals surface area contributed by atoms with Crippen molar-refractivity contribution < 1.29 is 9.47 Å². The molecular weight excluding hydrogens is 388 g/mol. The van der Waals surface area contributed by atoms with Gasteiger partial charge in [-0.25, -0.2) is 0 Å². The number of ether oxygens (including phenoxy) is 2. The first kappa shape index (κ1) is 18.5. The number of aryl methyl sites for hydroxylation is 2. The van der Waals surface area contributed by atoms with Crippen LogP contribution in [0, 0.1) is 0 Å². The van der Waals surface area contributed by atoms with Gasteiger partial charge in [-0.1, -0.05) is 18.5 Å². The third-order valence-corrected chi connectivity index (χ3v) is 6.17. The van der Waals surface area contributed by atoms with Crippen molar-refractivity contribution in [2.45, 2.75) is 39.3 Å². The highest BCUT2D eigenvalue weighted by molar-refractivity contribution is 6.31. The summed E-state index contributed by atoms with van der Waals surface area (Å²) in [6.07, 6.45) is 3.36. The fourth-order valence-electron chi connectivity index (χ4n) is 4.31. The van der Waals surface area contributed by atoms with Gasteiger partial charge in [0.05, 0.1) is 12.1 Å². The first-order valence-electron chi connectivity index (χ1n) is 10.1. The molecule has 2 heterocycles. The quantitative estimate of drug-likeness (QED) is 0.690. The Morgan fingerprint density at radius 3 is 2.59 bits per heavy atom. The Hall–Kier alpha value is -2.50. The average molecular weight is 411 g/mol. The zero-order valence-electron chi connectivity index (χ0n) is 16.4. The van der Waals surface area contributed by atoms with E-state index in [1.807, 2.05) is 23.6 Å². The van der Waals surface area contributed by atoms with Crippen LogP contribution in [0.2, 0.25) is 5.02 Å². The van der Waals surface area contributed by atoms with Crippen LogP contribution >= 0.6 is 11.6 Å². The van der Waals surface area contributed by atoms with E-state index in [4.69, 9.17) is 21.1 Å². The molecule has 0 spiro atoms. The minimum absolute atomic E-state index is 0.0186. The maximum absolute atomic E-state index is 13.4. The molecular formula is C23H23ClN2O3. The van der Waals surface area contributed by atoms with Crippen molar-refractivity contribution in [3.05, 3.63) is 68.0 Å². The van der Waals surface area contributed by atoms with Gasteiger partial charge < -0.3 is 19.4 Å². The lowest BCUT2D eigenvalue weighted by Gasteiger charge is -2.16. The largest absolute Gasteiger partial charge is 0.454 e. The average Bonchev–Trinajstić information content (AvgIpc) is 3.35. The Balaban J connectivity index is 1.67. The van der Waals surface area contributed by atoms with Crippen LogP contribution in [0.5, 0.6) is 11.5 Å². The van der Waals surface area contributed by atoms with Crippen molar-refractivity contribution in [2.75, 3.05) is 13.3 Å². The second-order valence-corrected chi connectivity index (χ2v) is 8.08. The number of nitrogens with one attached hydrogen (secondary N) is 1. The molecule has 0 fully saturated rings. The molecule has 5 nitrogen and oxygen atoms in total. The number of nitrogens with zero attached hydrogens (tertiary/aromatic N) is 1. The van der Waals surface area contributed by atoms with Gasteiger partial charge in [-0.2, -0.15) is 0 Å². The van der Waals surface area contributed by atoms with Gasteiger partial charge in [0.2, 0.25) is 6.79 Å². The lowest BCUT2D eigenvalue weighted by molar-refractivity contribution is 0.174. The molecule has 2 aromatic carbocycles. The van der Waals surface area contributed by atoms with E-state index in [0.717, 1.165) is 41.4 Å². The van der Waals surface area contributed by atoms with Crippen LogP contribution in [-0.4, -0.2) is 17.9 Å². The maximum Gasteiger partial charge on any atom is 0.255 e. The van der Waals surface area contributed by atoms with Crippen LogP contribution in [0.15, 0.2) is 35.1 Å². The van der Waals surface area contributed by atoms with Gasteiger partial charge in [-0.3, -0.25) is 4.79 Å². The molecule has 1 aromatic heterocycles. The fourth-order valence-corrected chi connectivity index (χ4v) is 4.52. The van der Waals surface area contributed by atoms with E-state index in [2.05, 4.69) is 17.4 Å². The molecule has 0 atom stereocenters. The highest BCUT2D eigenvalue weighted by Gasteiger charge is 2.19. The smallest absolute Gasteiger partial charge is 0.255 e. The Labute approximate surface area is 174 Å². The van der Waals surface area contributed by atoms with Gasteiger partial charge in [0.25, 0.3) is 5.56 Å². The Morgan fingerprint density at radius 1 is 1.03 bits per heavy atom. The number of halogens is 1. The first-order chi connectivity index (χ1) is 14.1. The predicted octanol–water partition coefficient (Wildman–Crippen LogP) is 4.03. The van der Waals surface area contributed by atoms with Crippen molar-refractivity contribution in [3.63, 3.8) is 0 Å². The van der Waals surface area contributed by atoms with E-state index in [0.29, 0.717) is 29.6 Å². The van der Waals surface area contributed by atoms with Gasteiger partial charge in [0.15, 0.2) is 11.5 Å². The zero-order valence-corrected chi connectivity index (χ0v) is 17.1. The first-order valence-corrected chi connectivity index (χ1v) is 10.5. The van der Waals surface area contributed by atoms with Gasteiger partial charge >= 0.3 is 0 Å². The summed E-state index contributed by atoms with van der Waals surface area (Å²) in [7, 11) is 0. The maximum atomic E-state index is 13.4. The summed E-state index contributed by atoms with van der Waals surface area (Å²) in [6, 6.07) is 10.1. The summed E-state index contributed by atoms with van der Waals surface area (Å²) >= 11 is 6.52. The van der Waals surface area contributed by atoms with Crippen LogP contribution in [0.25, 0.3) is 10.9 Å². The number of hydrogen-bond acceptors (Lipinski definition) is 4. The Morgan fingerprint density at radius 2 is 1.79 bits per heavy atom. The molecule has 6 heteroatoms. The van der Waals surface area contributed by atoms with Crippen LogP contribution in [0.4, 0.5) is 0 Å². The SMILES string of the molecule is CCNCc1cc2cc3c(cc2n(Cc2cc4c(cc2Cl)OCO4)c1=O)CCC3. The summed E-state index contributed by atoms with van der Waals surface area (Å²) in [5, 5.41) is 4.97. The number of benzene rings is 2. The van der Waals surface area contributed by atoms with Crippen LogP contribution in [0.3, 0.4) is 0 Å². The lowest BCUT2D eigenvalue weighted by Crippen LogP contribution is -2.28. The lowest BCUT2D eigenvalue weighted by atomic mass is 10.0. The molecule has 150 valence electrons. The third kappa shape index (κ3) is 3.28. The molecule has 0 radical (unpaired) electrons. The van der Waals surface area contributed by atoms with Crippen LogP contribution in [0.1, 0.15) is 35.6 Å². The Bertz CT molecular complexity index is 1170. The molecule has 0 saturated carbocycles. The van der Waals surface area contributed by atoms with Gasteiger partial charge in [0.1, 0.15) is 0 Å². The van der Waals surface area contributed by atoms with E-state index in [-0.39, 0.29) is 12.4 Å². The van der Waals surface area contributed by atoms with Crippen molar-refractivity contribution in [2.24, 2.45) is 0 Å². The molecule has 2 aliphatic rings. The van der Waals surface area contributed by atoms with Crippen LogP contribution < -0.4 is 20.3 Å². The summed E-state index contributed by atoms with van der Waals surface area (Å²) in [5.74, 6) is 1.32.